The topological polar surface area (TPSA) is 42.2 Å². The zero-order valence-corrected chi connectivity index (χ0v) is 11.2. The summed E-state index contributed by atoms with van der Waals surface area (Å²) in [5.74, 6) is 0.107. The number of aryl methyl sites for hydroxylation is 1. The Balaban J connectivity index is 1.90. The van der Waals surface area contributed by atoms with Gasteiger partial charge in [-0.1, -0.05) is 31.9 Å². The van der Waals surface area contributed by atoms with Crippen LogP contribution in [0.3, 0.4) is 0 Å². The fourth-order valence-corrected chi connectivity index (χ4v) is 1.93. The molecule has 1 amide bonds. The van der Waals surface area contributed by atoms with E-state index >= 15 is 0 Å². The lowest BCUT2D eigenvalue weighted by Gasteiger charge is -2.05. The van der Waals surface area contributed by atoms with Gasteiger partial charge in [0.2, 0.25) is 0 Å². The summed E-state index contributed by atoms with van der Waals surface area (Å²) in [5, 5.41) is 2.81. The summed E-state index contributed by atoms with van der Waals surface area (Å²) < 4.78 is 5.04. The first-order chi connectivity index (χ1) is 9.29. The monoisotopic (exact) mass is 257 g/mol. The lowest BCUT2D eigenvalue weighted by molar-refractivity contribution is 0.0996. The van der Waals surface area contributed by atoms with Crippen LogP contribution in [0.5, 0.6) is 0 Å². The zero-order chi connectivity index (χ0) is 13.5. The highest BCUT2D eigenvalue weighted by atomic mass is 16.3. The smallest absolute Gasteiger partial charge is 0.291 e. The summed E-state index contributed by atoms with van der Waals surface area (Å²) in [7, 11) is 0. The summed E-state index contributed by atoms with van der Waals surface area (Å²) >= 11 is 0. The molecule has 0 aliphatic heterocycles. The molecular weight excluding hydrogens is 238 g/mol. The van der Waals surface area contributed by atoms with Crippen molar-refractivity contribution in [3.05, 3.63) is 54.0 Å². The highest BCUT2D eigenvalue weighted by Gasteiger charge is 2.08. The number of unbranched alkanes of at least 4 members (excludes halogenated alkanes) is 2. The minimum absolute atomic E-state index is 0.219. The third-order valence-electron chi connectivity index (χ3n) is 3.03. The van der Waals surface area contributed by atoms with E-state index in [0.717, 1.165) is 12.1 Å². The van der Waals surface area contributed by atoms with Crippen molar-refractivity contribution >= 4 is 11.6 Å². The number of carbonyl (C=O) groups is 1. The van der Waals surface area contributed by atoms with Crippen LogP contribution in [0.2, 0.25) is 0 Å². The van der Waals surface area contributed by atoms with Gasteiger partial charge in [-0.15, -0.1) is 0 Å². The molecular formula is C16H19NO2. The number of hydrogen-bond donors (Lipinski definition) is 1. The van der Waals surface area contributed by atoms with Crippen LogP contribution in [0.4, 0.5) is 5.69 Å². The normalized spacial score (nSPS) is 10.4. The number of nitrogens with one attached hydrogen (secondary N) is 1. The van der Waals surface area contributed by atoms with Gasteiger partial charge in [-0.05, 0) is 42.7 Å². The first kappa shape index (κ1) is 13.4. The number of anilines is 1. The predicted octanol–water partition coefficient (Wildman–Crippen LogP) is 4.26. The second-order valence-corrected chi connectivity index (χ2v) is 4.59. The molecule has 19 heavy (non-hydrogen) atoms. The van der Waals surface area contributed by atoms with Crippen molar-refractivity contribution in [3.63, 3.8) is 0 Å². The summed E-state index contributed by atoms with van der Waals surface area (Å²) in [4.78, 5) is 11.8. The van der Waals surface area contributed by atoms with Gasteiger partial charge in [-0.2, -0.15) is 0 Å². The number of rotatable bonds is 6. The molecule has 0 aliphatic rings. The van der Waals surface area contributed by atoms with Gasteiger partial charge in [0.15, 0.2) is 5.76 Å². The van der Waals surface area contributed by atoms with Gasteiger partial charge in [0.1, 0.15) is 0 Å². The largest absolute Gasteiger partial charge is 0.459 e. The van der Waals surface area contributed by atoms with E-state index < -0.39 is 0 Å². The predicted molar refractivity (Wildman–Crippen MR) is 76.3 cm³/mol. The Bertz CT molecular complexity index is 500. The maximum Gasteiger partial charge on any atom is 0.291 e. The lowest BCUT2D eigenvalue weighted by atomic mass is 10.1. The first-order valence-electron chi connectivity index (χ1n) is 6.73. The van der Waals surface area contributed by atoms with Crippen molar-refractivity contribution in [2.75, 3.05) is 5.32 Å². The van der Waals surface area contributed by atoms with Crippen LogP contribution in [-0.4, -0.2) is 5.91 Å². The summed E-state index contributed by atoms with van der Waals surface area (Å²) in [6.07, 6.45) is 6.30. The lowest BCUT2D eigenvalue weighted by Crippen LogP contribution is -2.10. The minimum Gasteiger partial charge on any atom is -0.459 e. The van der Waals surface area contributed by atoms with Crippen LogP contribution in [0.25, 0.3) is 0 Å². The second kappa shape index (κ2) is 6.78. The highest BCUT2D eigenvalue weighted by molar-refractivity contribution is 6.02. The van der Waals surface area contributed by atoms with Gasteiger partial charge in [0, 0.05) is 5.69 Å². The number of carbonyl (C=O) groups excluding carboxylic acids is 1. The van der Waals surface area contributed by atoms with E-state index in [9.17, 15) is 4.79 Å². The Hall–Kier alpha value is -2.03. The molecule has 0 unspecified atom stereocenters. The number of benzene rings is 1. The molecule has 1 N–H and O–H groups in total. The molecule has 100 valence electrons. The van der Waals surface area contributed by atoms with E-state index in [1.807, 2.05) is 12.1 Å². The van der Waals surface area contributed by atoms with Crippen molar-refractivity contribution in [1.29, 1.82) is 0 Å². The average Bonchev–Trinajstić information content (AvgIpc) is 2.95. The van der Waals surface area contributed by atoms with E-state index in [-0.39, 0.29) is 5.91 Å². The third kappa shape index (κ3) is 3.98. The van der Waals surface area contributed by atoms with Crippen LogP contribution < -0.4 is 5.32 Å². The van der Waals surface area contributed by atoms with E-state index in [1.165, 1.54) is 31.1 Å². The van der Waals surface area contributed by atoms with Gasteiger partial charge in [-0.3, -0.25) is 4.79 Å². The highest BCUT2D eigenvalue weighted by Crippen LogP contribution is 2.13. The Morgan fingerprint density at radius 2 is 1.95 bits per heavy atom. The molecule has 1 aromatic heterocycles. The average molecular weight is 257 g/mol. The van der Waals surface area contributed by atoms with E-state index in [1.54, 1.807) is 12.1 Å². The number of amides is 1. The fourth-order valence-electron chi connectivity index (χ4n) is 1.93. The van der Waals surface area contributed by atoms with Gasteiger partial charge >= 0.3 is 0 Å². The van der Waals surface area contributed by atoms with E-state index in [2.05, 4.69) is 24.4 Å². The van der Waals surface area contributed by atoms with Crippen LogP contribution in [0.1, 0.15) is 42.3 Å². The molecule has 3 nitrogen and oxygen atoms in total. The van der Waals surface area contributed by atoms with Crippen molar-refractivity contribution in [2.24, 2.45) is 0 Å². The minimum atomic E-state index is -0.219. The van der Waals surface area contributed by atoms with Crippen LogP contribution >= 0.6 is 0 Å². The van der Waals surface area contributed by atoms with Crippen molar-refractivity contribution < 1.29 is 9.21 Å². The molecule has 0 saturated carbocycles. The summed E-state index contributed by atoms with van der Waals surface area (Å²) in [5.41, 5.74) is 2.10. The Labute approximate surface area is 113 Å². The summed E-state index contributed by atoms with van der Waals surface area (Å²) in [6, 6.07) is 11.3. The van der Waals surface area contributed by atoms with Crippen molar-refractivity contribution in [2.45, 2.75) is 32.6 Å². The first-order valence-corrected chi connectivity index (χ1v) is 6.73. The van der Waals surface area contributed by atoms with Crippen LogP contribution in [0.15, 0.2) is 47.1 Å². The molecule has 0 radical (unpaired) electrons. The number of furan rings is 1. The maximum atomic E-state index is 11.8. The molecule has 1 heterocycles. The van der Waals surface area contributed by atoms with Crippen LogP contribution in [0, 0.1) is 0 Å². The standard InChI is InChI=1S/C16H19NO2/c1-2-3-4-6-13-8-10-14(11-9-13)17-16(18)15-7-5-12-19-15/h5,7-12H,2-4,6H2,1H3,(H,17,18). The number of hydrogen-bond acceptors (Lipinski definition) is 2. The van der Waals surface area contributed by atoms with Gasteiger partial charge in [0.25, 0.3) is 5.91 Å². The Morgan fingerprint density at radius 1 is 1.16 bits per heavy atom. The molecule has 0 spiro atoms. The molecule has 2 aromatic rings. The van der Waals surface area contributed by atoms with Crippen molar-refractivity contribution in [3.8, 4) is 0 Å². The van der Waals surface area contributed by atoms with E-state index in [4.69, 9.17) is 4.42 Å². The van der Waals surface area contributed by atoms with E-state index in [0.29, 0.717) is 5.76 Å². The quantitative estimate of drug-likeness (QED) is 0.785. The molecule has 1 aromatic carbocycles. The third-order valence-corrected chi connectivity index (χ3v) is 3.03. The maximum absolute atomic E-state index is 11.8. The van der Waals surface area contributed by atoms with Gasteiger partial charge < -0.3 is 9.73 Å². The molecule has 0 atom stereocenters. The van der Waals surface area contributed by atoms with Gasteiger partial charge in [0.05, 0.1) is 6.26 Å². The molecule has 0 saturated heterocycles. The zero-order valence-electron chi connectivity index (χ0n) is 11.2. The second-order valence-electron chi connectivity index (χ2n) is 4.59. The molecule has 0 fully saturated rings. The molecule has 3 heteroatoms. The Kier molecular flexibility index (Phi) is 4.78. The molecule has 0 bridgehead atoms. The fraction of sp³-hybridized carbons (Fsp3) is 0.312. The van der Waals surface area contributed by atoms with Crippen LogP contribution in [-0.2, 0) is 6.42 Å². The summed E-state index contributed by atoms with van der Waals surface area (Å²) in [6.45, 7) is 2.20. The molecule has 2 rings (SSSR count). The Morgan fingerprint density at radius 3 is 2.58 bits per heavy atom. The SMILES string of the molecule is CCCCCc1ccc(NC(=O)c2ccco2)cc1. The molecule has 0 aliphatic carbocycles. The van der Waals surface area contributed by atoms with Crippen molar-refractivity contribution in [1.82, 2.24) is 0 Å². The van der Waals surface area contributed by atoms with Gasteiger partial charge in [-0.25, -0.2) is 0 Å².